The Kier molecular flexibility index (Phi) is 9.67. The van der Waals surface area contributed by atoms with E-state index in [0.29, 0.717) is 18.7 Å². The Labute approximate surface area is 236 Å². The van der Waals surface area contributed by atoms with Crippen molar-refractivity contribution in [3.05, 3.63) is 101 Å². The first kappa shape index (κ1) is 29.7. The standard InChI is InChI=1S/C31H32F3N3O4/c1-40-18-17-37(30(39)22-11-13-25(14-12-22)31(32,33)34)21-29(38)36(20-24-7-3-6-10-28(24)41-2)16-15-23-19-35-27-9-5-4-8-26(23)27/h3-14,19,35H,15-18,20-21H2,1-2H3. The van der Waals surface area contributed by atoms with Crippen LogP contribution in [0.15, 0.2) is 79.0 Å². The fourth-order valence-corrected chi connectivity index (χ4v) is 4.63. The van der Waals surface area contributed by atoms with E-state index >= 15 is 0 Å². The molecular weight excluding hydrogens is 535 g/mol. The third-order valence-corrected chi connectivity index (χ3v) is 6.87. The number of hydrogen-bond acceptors (Lipinski definition) is 4. The molecule has 0 saturated carbocycles. The third-order valence-electron chi connectivity index (χ3n) is 6.87. The summed E-state index contributed by atoms with van der Waals surface area (Å²) in [7, 11) is 3.03. The van der Waals surface area contributed by atoms with Crippen LogP contribution in [0, 0.1) is 0 Å². The molecule has 2 amide bonds. The molecule has 0 spiro atoms. The maximum atomic E-state index is 13.8. The normalized spacial score (nSPS) is 11.4. The van der Waals surface area contributed by atoms with E-state index in [4.69, 9.17) is 9.47 Å². The molecule has 0 radical (unpaired) electrons. The number of H-pyrrole nitrogens is 1. The predicted molar refractivity (Wildman–Crippen MR) is 150 cm³/mol. The third kappa shape index (κ3) is 7.46. The molecule has 4 rings (SSSR count). The SMILES string of the molecule is COCCN(CC(=O)N(CCc1c[nH]c2ccccc12)Cc1ccccc1OC)C(=O)c1ccc(C(F)(F)F)cc1. The second kappa shape index (κ2) is 13.4. The fraction of sp³-hybridized carbons (Fsp3) is 0.290. The fourth-order valence-electron chi connectivity index (χ4n) is 4.63. The molecule has 10 heteroatoms. The van der Waals surface area contributed by atoms with Crippen molar-refractivity contribution < 1.29 is 32.2 Å². The Morgan fingerprint density at radius 3 is 2.27 bits per heavy atom. The number of aromatic amines is 1. The lowest BCUT2D eigenvalue weighted by molar-refractivity contribution is -0.137. The number of carbonyl (C=O) groups excluding carboxylic acids is 2. The molecule has 0 atom stereocenters. The molecule has 0 aliphatic heterocycles. The Bertz CT molecular complexity index is 1470. The number of carbonyl (C=O) groups is 2. The molecule has 4 aromatic rings. The first-order chi connectivity index (χ1) is 19.7. The number of fused-ring (bicyclic) bond motifs is 1. The van der Waals surface area contributed by atoms with Crippen LogP contribution in [0.5, 0.6) is 5.75 Å². The molecule has 0 bridgehead atoms. The van der Waals surface area contributed by atoms with Gasteiger partial charge in [-0.05, 0) is 48.4 Å². The highest BCUT2D eigenvalue weighted by Crippen LogP contribution is 2.29. The number of ether oxygens (including phenoxy) is 2. The molecule has 3 aromatic carbocycles. The summed E-state index contributed by atoms with van der Waals surface area (Å²) in [5.74, 6) is -0.237. The molecule has 0 aliphatic carbocycles. The number of amides is 2. The van der Waals surface area contributed by atoms with Gasteiger partial charge in [0, 0.05) is 55.0 Å². The maximum absolute atomic E-state index is 13.8. The Balaban J connectivity index is 1.56. The van der Waals surface area contributed by atoms with Crippen LogP contribution in [0.3, 0.4) is 0 Å². The highest BCUT2D eigenvalue weighted by Gasteiger charge is 2.31. The van der Waals surface area contributed by atoms with E-state index < -0.39 is 17.6 Å². The quantitative estimate of drug-likeness (QED) is 0.244. The number of hydrogen-bond donors (Lipinski definition) is 1. The van der Waals surface area contributed by atoms with Crippen LogP contribution in [0.25, 0.3) is 10.9 Å². The number of nitrogens with zero attached hydrogens (tertiary/aromatic N) is 2. The summed E-state index contributed by atoms with van der Waals surface area (Å²) in [6.45, 7) is 0.587. The number of halogens is 3. The number of nitrogens with one attached hydrogen (secondary N) is 1. The minimum absolute atomic E-state index is 0.0528. The van der Waals surface area contributed by atoms with E-state index in [9.17, 15) is 22.8 Å². The Hall–Kier alpha value is -4.31. The molecule has 0 aliphatic rings. The van der Waals surface area contributed by atoms with Gasteiger partial charge in [-0.1, -0.05) is 36.4 Å². The summed E-state index contributed by atoms with van der Waals surface area (Å²) in [4.78, 5) is 33.3. The number of rotatable bonds is 12. The summed E-state index contributed by atoms with van der Waals surface area (Å²) >= 11 is 0. The number of para-hydroxylation sites is 2. The van der Waals surface area contributed by atoms with Gasteiger partial charge in [0.15, 0.2) is 0 Å². The van der Waals surface area contributed by atoms with Crippen LogP contribution in [0.4, 0.5) is 13.2 Å². The van der Waals surface area contributed by atoms with Crippen LogP contribution >= 0.6 is 0 Å². The van der Waals surface area contributed by atoms with Crippen LogP contribution in [-0.4, -0.2) is 67.1 Å². The summed E-state index contributed by atoms with van der Waals surface area (Å²) in [6.07, 6.45) is -2.03. The molecule has 1 aromatic heterocycles. The first-order valence-electron chi connectivity index (χ1n) is 13.1. The van der Waals surface area contributed by atoms with Gasteiger partial charge >= 0.3 is 6.18 Å². The predicted octanol–water partition coefficient (Wildman–Crippen LogP) is 5.56. The smallest absolute Gasteiger partial charge is 0.416 e. The summed E-state index contributed by atoms with van der Waals surface area (Å²) in [5.41, 5.74) is 2.05. The lowest BCUT2D eigenvalue weighted by Crippen LogP contribution is -2.44. The van der Waals surface area contributed by atoms with E-state index in [-0.39, 0.29) is 37.7 Å². The van der Waals surface area contributed by atoms with Crippen LogP contribution < -0.4 is 4.74 Å². The highest BCUT2D eigenvalue weighted by atomic mass is 19.4. The van der Waals surface area contributed by atoms with Gasteiger partial charge in [0.25, 0.3) is 5.91 Å². The van der Waals surface area contributed by atoms with Gasteiger partial charge in [-0.15, -0.1) is 0 Å². The topological polar surface area (TPSA) is 74.9 Å². The van der Waals surface area contributed by atoms with E-state index in [0.717, 1.165) is 46.3 Å². The second-order valence-corrected chi connectivity index (χ2v) is 9.53. The lowest BCUT2D eigenvalue weighted by atomic mass is 10.1. The molecule has 1 N–H and O–H groups in total. The van der Waals surface area contributed by atoms with Gasteiger partial charge in [0.1, 0.15) is 12.3 Å². The largest absolute Gasteiger partial charge is 0.496 e. The zero-order valence-electron chi connectivity index (χ0n) is 22.9. The van der Waals surface area contributed by atoms with E-state index in [2.05, 4.69) is 4.98 Å². The molecule has 0 saturated heterocycles. The zero-order valence-corrected chi connectivity index (χ0v) is 22.9. The Morgan fingerprint density at radius 1 is 0.854 bits per heavy atom. The molecule has 1 heterocycles. The highest BCUT2D eigenvalue weighted by molar-refractivity contribution is 5.96. The van der Waals surface area contributed by atoms with Gasteiger partial charge in [0.05, 0.1) is 19.3 Å². The van der Waals surface area contributed by atoms with E-state index in [1.165, 1.54) is 12.0 Å². The van der Waals surface area contributed by atoms with Gasteiger partial charge < -0.3 is 24.3 Å². The number of methoxy groups -OCH3 is 2. The van der Waals surface area contributed by atoms with Crippen molar-refractivity contribution in [2.24, 2.45) is 0 Å². The van der Waals surface area contributed by atoms with Gasteiger partial charge in [-0.25, -0.2) is 0 Å². The molecule has 216 valence electrons. The number of alkyl halides is 3. The molecular formula is C31H32F3N3O4. The lowest BCUT2D eigenvalue weighted by Gasteiger charge is -2.28. The van der Waals surface area contributed by atoms with Crippen molar-refractivity contribution in [1.82, 2.24) is 14.8 Å². The minimum Gasteiger partial charge on any atom is -0.496 e. The molecule has 41 heavy (non-hydrogen) atoms. The minimum atomic E-state index is -4.52. The van der Waals surface area contributed by atoms with Crippen molar-refractivity contribution in [2.75, 3.05) is 40.5 Å². The summed E-state index contributed by atoms with van der Waals surface area (Å²) in [5, 5.41) is 1.07. The van der Waals surface area contributed by atoms with Crippen LogP contribution in [-0.2, 0) is 28.7 Å². The molecule has 0 unspecified atom stereocenters. The number of benzene rings is 3. The average molecular weight is 568 g/mol. The van der Waals surface area contributed by atoms with Crippen LogP contribution in [0.1, 0.15) is 27.0 Å². The van der Waals surface area contributed by atoms with Crippen LogP contribution in [0.2, 0.25) is 0 Å². The number of aromatic nitrogens is 1. The van der Waals surface area contributed by atoms with Gasteiger partial charge in [0.2, 0.25) is 5.91 Å². The Morgan fingerprint density at radius 2 is 1.56 bits per heavy atom. The van der Waals surface area contributed by atoms with E-state index in [1.807, 2.05) is 54.7 Å². The van der Waals surface area contributed by atoms with E-state index in [1.54, 1.807) is 12.0 Å². The van der Waals surface area contributed by atoms with Gasteiger partial charge in [-0.2, -0.15) is 13.2 Å². The summed E-state index contributed by atoms with van der Waals surface area (Å²) < 4.78 is 49.7. The molecule has 7 nitrogen and oxygen atoms in total. The van der Waals surface area contributed by atoms with Crippen molar-refractivity contribution in [1.29, 1.82) is 0 Å². The zero-order chi connectivity index (χ0) is 29.4. The average Bonchev–Trinajstić information content (AvgIpc) is 3.39. The van der Waals surface area contributed by atoms with Crippen molar-refractivity contribution in [3.63, 3.8) is 0 Å². The maximum Gasteiger partial charge on any atom is 0.416 e. The monoisotopic (exact) mass is 567 g/mol. The summed E-state index contributed by atoms with van der Waals surface area (Å²) in [6, 6.07) is 19.3. The van der Waals surface area contributed by atoms with Crippen molar-refractivity contribution in [2.45, 2.75) is 19.1 Å². The van der Waals surface area contributed by atoms with Gasteiger partial charge in [-0.3, -0.25) is 9.59 Å². The molecule has 0 fully saturated rings. The second-order valence-electron chi connectivity index (χ2n) is 9.53. The van der Waals surface area contributed by atoms with Crippen molar-refractivity contribution >= 4 is 22.7 Å². The van der Waals surface area contributed by atoms with Crippen molar-refractivity contribution in [3.8, 4) is 5.75 Å². The first-order valence-corrected chi connectivity index (χ1v) is 13.1.